The average molecular weight is 235 g/mol. The van der Waals surface area contributed by atoms with Gasteiger partial charge in [-0.3, -0.25) is 0 Å². The molecule has 2 heterocycles. The molecule has 1 aliphatic rings. The van der Waals surface area contributed by atoms with Crippen LogP contribution in [0.4, 0.5) is 0 Å². The van der Waals surface area contributed by atoms with Gasteiger partial charge in [-0.1, -0.05) is 6.42 Å². The molecule has 0 aliphatic carbocycles. The van der Waals surface area contributed by atoms with E-state index in [1.807, 2.05) is 13.8 Å². The van der Waals surface area contributed by atoms with Gasteiger partial charge in [-0.2, -0.15) is 0 Å². The van der Waals surface area contributed by atoms with Crippen LogP contribution in [-0.2, 0) is 0 Å². The van der Waals surface area contributed by atoms with Crippen LogP contribution in [0.5, 0.6) is 5.75 Å². The maximum Gasteiger partial charge on any atom is 0.156 e. The average Bonchev–Trinajstić information content (AvgIpc) is 2.58. The largest absolute Gasteiger partial charge is 0.488 e. The van der Waals surface area contributed by atoms with Gasteiger partial charge in [0.15, 0.2) is 5.75 Å². The van der Waals surface area contributed by atoms with E-state index in [2.05, 4.69) is 15.3 Å². The van der Waals surface area contributed by atoms with Gasteiger partial charge in [0, 0.05) is 12.5 Å². The molecule has 1 saturated heterocycles. The van der Waals surface area contributed by atoms with Crippen LogP contribution in [0.1, 0.15) is 44.9 Å². The summed E-state index contributed by atoms with van der Waals surface area (Å²) in [5.41, 5.74) is 0. The molecule has 0 aromatic carbocycles. The number of hydrogen-bond acceptors (Lipinski definition) is 4. The first-order chi connectivity index (χ1) is 8.25. The predicted molar refractivity (Wildman–Crippen MR) is 67.3 cm³/mol. The third-order valence-corrected chi connectivity index (χ3v) is 2.93. The summed E-state index contributed by atoms with van der Waals surface area (Å²) in [5, 5.41) is 3.43. The van der Waals surface area contributed by atoms with Crippen molar-refractivity contribution < 1.29 is 4.74 Å². The number of ether oxygens (including phenoxy) is 1. The molecule has 17 heavy (non-hydrogen) atoms. The molecule has 94 valence electrons. The molecule has 1 atom stereocenters. The lowest BCUT2D eigenvalue weighted by Gasteiger charge is -2.13. The highest BCUT2D eigenvalue weighted by Crippen LogP contribution is 2.21. The van der Waals surface area contributed by atoms with Crippen molar-refractivity contribution in [3.05, 3.63) is 18.2 Å². The van der Waals surface area contributed by atoms with Crippen molar-refractivity contribution in [2.24, 2.45) is 0 Å². The molecule has 0 amide bonds. The lowest BCUT2D eigenvalue weighted by atomic mass is 10.0. The highest BCUT2D eigenvalue weighted by molar-refractivity contribution is 5.14. The molecule has 1 fully saturated rings. The molecule has 1 aromatic rings. The Morgan fingerprint density at radius 1 is 1.29 bits per heavy atom. The first kappa shape index (κ1) is 12.3. The van der Waals surface area contributed by atoms with E-state index in [4.69, 9.17) is 4.74 Å². The van der Waals surface area contributed by atoms with Gasteiger partial charge in [0.05, 0.1) is 18.5 Å². The summed E-state index contributed by atoms with van der Waals surface area (Å²) < 4.78 is 5.54. The Kier molecular flexibility index (Phi) is 4.31. The highest BCUT2D eigenvalue weighted by Gasteiger charge is 2.16. The van der Waals surface area contributed by atoms with E-state index in [9.17, 15) is 0 Å². The summed E-state index contributed by atoms with van der Waals surface area (Å²) in [6.45, 7) is 6.11. The van der Waals surface area contributed by atoms with Gasteiger partial charge >= 0.3 is 0 Å². The SMILES string of the molecule is CC(C)Oc1cnc(C2CCCCNC2)nc1. The van der Waals surface area contributed by atoms with Crippen LogP contribution in [0.25, 0.3) is 0 Å². The van der Waals surface area contributed by atoms with Crippen molar-refractivity contribution in [2.75, 3.05) is 13.1 Å². The summed E-state index contributed by atoms with van der Waals surface area (Å²) in [7, 11) is 0. The molecule has 4 heteroatoms. The smallest absolute Gasteiger partial charge is 0.156 e. The van der Waals surface area contributed by atoms with Crippen LogP contribution in [0.15, 0.2) is 12.4 Å². The number of aromatic nitrogens is 2. The van der Waals surface area contributed by atoms with Gasteiger partial charge in [0.1, 0.15) is 5.82 Å². The minimum Gasteiger partial charge on any atom is -0.488 e. The third-order valence-electron chi connectivity index (χ3n) is 2.93. The van der Waals surface area contributed by atoms with E-state index in [0.29, 0.717) is 5.92 Å². The van der Waals surface area contributed by atoms with Crippen LogP contribution in [0.2, 0.25) is 0 Å². The number of nitrogens with one attached hydrogen (secondary N) is 1. The van der Waals surface area contributed by atoms with Crippen molar-refractivity contribution in [1.82, 2.24) is 15.3 Å². The second-order valence-corrected chi connectivity index (χ2v) is 4.84. The Morgan fingerprint density at radius 3 is 2.76 bits per heavy atom. The van der Waals surface area contributed by atoms with Crippen molar-refractivity contribution in [1.29, 1.82) is 0 Å². The first-order valence-corrected chi connectivity index (χ1v) is 6.45. The van der Waals surface area contributed by atoms with Crippen molar-refractivity contribution in [3.63, 3.8) is 0 Å². The van der Waals surface area contributed by atoms with E-state index in [1.54, 1.807) is 12.4 Å². The topological polar surface area (TPSA) is 47.0 Å². The molecule has 4 nitrogen and oxygen atoms in total. The molecule has 0 saturated carbocycles. The van der Waals surface area contributed by atoms with Crippen LogP contribution in [0, 0.1) is 0 Å². The highest BCUT2D eigenvalue weighted by atomic mass is 16.5. The van der Waals surface area contributed by atoms with Crippen LogP contribution in [-0.4, -0.2) is 29.2 Å². The Hall–Kier alpha value is -1.16. The van der Waals surface area contributed by atoms with E-state index < -0.39 is 0 Å². The summed E-state index contributed by atoms with van der Waals surface area (Å²) in [4.78, 5) is 8.84. The lowest BCUT2D eigenvalue weighted by molar-refractivity contribution is 0.240. The van der Waals surface area contributed by atoms with Crippen LogP contribution >= 0.6 is 0 Å². The minimum absolute atomic E-state index is 0.170. The normalized spacial score (nSPS) is 21.2. The molecular weight excluding hydrogens is 214 g/mol. The van der Waals surface area contributed by atoms with E-state index in [-0.39, 0.29) is 6.10 Å². The number of nitrogens with zero attached hydrogens (tertiary/aromatic N) is 2. The van der Waals surface area contributed by atoms with Gasteiger partial charge in [0.25, 0.3) is 0 Å². The summed E-state index contributed by atoms with van der Waals surface area (Å²) in [6, 6.07) is 0. The number of hydrogen-bond donors (Lipinski definition) is 1. The minimum atomic E-state index is 0.170. The summed E-state index contributed by atoms with van der Waals surface area (Å²) >= 11 is 0. The second kappa shape index (κ2) is 5.96. The molecule has 0 bridgehead atoms. The third kappa shape index (κ3) is 3.66. The van der Waals surface area contributed by atoms with Crippen LogP contribution in [0.3, 0.4) is 0 Å². The van der Waals surface area contributed by atoms with Crippen molar-refractivity contribution in [2.45, 2.75) is 45.1 Å². The zero-order valence-corrected chi connectivity index (χ0v) is 10.6. The van der Waals surface area contributed by atoms with Crippen molar-refractivity contribution in [3.8, 4) is 5.75 Å². The molecule has 0 spiro atoms. The van der Waals surface area contributed by atoms with E-state index in [1.165, 1.54) is 19.3 Å². The lowest BCUT2D eigenvalue weighted by Crippen LogP contribution is -2.20. The predicted octanol–water partition coefficient (Wildman–Crippen LogP) is 2.12. The Balaban J connectivity index is 2.00. The van der Waals surface area contributed by atoms with Crippen molar-refractivity contribution >= 4 is 0 Å². The molecule has 1 aromatic heterocycles. The van der Waals surface area contributed by atoms with Gasteiger partial charge < -0.3 is 10.1 Å². The molecule has 2 rings (SSSR count). The van der Waals surface area contributed by atoms with Gasteiger partial charge in [-0.25, -0.2) is 9.97 Å². The fourth-order valence-corrected chi connectivity index (χ4v) is 2.11. The fraction of sp³-hybridized carbons (Fsp3) is 0.692. The van der Waals surface area contributed by atoms with E-state index in [0.717, 1.165) is 24.7 Å². The molecule has 1 N–H and O–H groups in total. The first-order valence-electron chi connectivity index (χ1n) is 6.45. The Bertz CT molecular complexity index is 329. The zero-order chi connectivity index (χ0) is 12.1. The second-order valence-electron chi connectivity index (χ2n) is 4.84. The molecule has 0 radical (unpaired) electrons. The zero-order valence-electron chi connectivity index (χ0n) is 10.6. The Labute approximate surface area is 103 Å². The maximum absolute atomic E-state index is 5.54. The van der Waals surface area contributed by atoms with E-state index >= 15 is 0 Å². The molecule has 1 unspecified atom stereocenters. The van der Waals surface area contributed by atoms with Gasteiger partial charge in [-0.05, 0) is 33.2 Å². The summed E-state index contributed by atoms with van der Waals surface area (Å²) in [5.74, 6) is 2.14. The maximum atomic E-state index is 5.54. The standard InChI is InChI=1S/C13H21N3O/c1-10(2)17-12-8-15-13(16-9-12)11-5-3-4-6-14-7-11/h8-11,14H,3-7H2,1-2H3. The van der Waals surface area contributed by atoms with Gasteiger partial charge in [0.2, 0.25) is 0 Å². The van der Waals surface area contributed by atoms with Crippen LogP contribution < -0.4 is 10.1 Å². The molecule has 1 aliphatic heterocycles. The monoisotopic (exact) mass is 235 g/mol. The summed E-state index contributed by atoms with van der Waals surface area (Å²) in [6.07, 6.45) is 7.43. The quantitative estimate of drug-likeness (QED) is 0.871. The van der Waals surface area contributed by atoms with Gasteiger partial charge in [-0.15, -0.1) is 0 Å². The molecular formula is C13H21N3O. The fourth-order valence-electron chi connectivity index (χ4n) is 2.11. The number of rotatable bonds is 3. The Morgan fingerprint density at radius 2 is 2.06 bits per heavy atom.